The maximum absolute atomic E-state index is 12.3. The van der Waals surface area contributed by atoms with E-state index in [-0.39, 0.29) is 25.9 Å². The van der Waals surface area contributed by atoms with E-state index in [9.17, 15) is 8.42 Å². The number of nitrogens with zero attached hydrogens (tertiary/aromatic N) is 3. The average molecular weight is 453 g/mol. The molecule has 0 unspecified atom stereocenters. The zero-order valence-electron chi connectivity index (χ0n) is 10.0. The molecular weight excluding hydrogens is 447 g/mol. The van der Waals surface area contributed by atoms with Gasteiger partial charge in [-0.05, 0) is 50.1 Å². The Labute approximate surface area is 142 Å². The summed E-state index contributed by atoms with van der Waals surface area (Å²) < 4.78 is 27.6. The van der Waals surface area contributed by atoms with Crippen LogP contribution in [0.4, 0.5) is 5.82 Å². The number of aromatic nitrogens is 2. The van der Waals surface area contributed by atoms with Crippen molar-refractivity contribution in [1.82, 2.24) is 9.97 Å². The number of hydrogen-bond donors (Lipinski definition) is 1. The monoisotopic (exact) mass is 450 g/mol. The fraction of sp³-hybridized carbons (Fsp3) is 0. The highest BCUT2D eigenvalue weighted by atomic mass is 79.9. The van der Waals surface area contributed by atoms with E-state index in [1.807, 2.05) is 0 Å². The Morgan fingerprint density at radius 3 is 2.67 bits per heavy atom. The van der Waals surface area contributed by atoms with Gasteiger partial charge in [-0.1, -0.05) is 11.6 Å². The van der Waals surface area contributed by atoms with Gasteiger partial charge in [0.25, 0.3) is 10.0 Å². The smallest absolute Gasteiger partial charge is 0.261 e. The second-order valence-electron chi connectivity index (χ2n) is 3.69. The van der Waals surface area contributed by atoms with Crippen molar-refractivity contribution in [3.63, 3.8) is 0 Å². The molecule has 108 valence electrons. The van der Waals surface area contributed by atoms with Crippen LogP contribution < -0.4 is 4.72 Å². The molecule has 6 nitrogen and oxygen atoms in total. The van der Waals surface area contributed by atoms with E-state index < -0.39 is 10.0 Å². The molecule has 2 aromatic rings. The average Bonchev–Trinajstić information content (AvgIpc) is 2.42. The van der Waals surface area contributed by atoms with Gasteiger partial charge in [0.2, 0.25) is 0 Å². The highest BCUT2D eigenvalue weighted by Gasteiger charge is 2.21. The molecule has 1 heterocycles. The number of hydrogen-bond acceptors (Lipinski definition) is 5. The molecule has 0 saturated carbocycles. The Morgan fingerprint density at radius 2 is 2.05 bits per heavy atom. The minimum absolute atomic E-state index is 0.00191. The molecule has 0 atom stereocenters. The molecule has 0 radical (unpaired) electrons. The van der Waals surface area contributed by atoms with Gasteiger partial charge in [0.1, 0.15) is 15.6 Å². The summed E-state index contributed by atoms with van der Waals surface area (Å²) in [6.07, 6.45) is 1.34. The van der Waals surface area contributed by atoms with Crippen LogP contribution in [-0.2, 0) is 10.0 Å². The summed E-state index contributed by atoms with van der Waals surface area (Å²) in [4.78, 5) is 7.64. The number of halogens is 3. The summed E-state index contributed by atoms with van der Waals surface area (Å²) in [6.45, 7) is 0. The SMILES string of the molecule is N#Cc1ccc(Cl)cc1S(=O)(=O)Nc1ncc(Br)nc1Br. The number of benzene rings is 1. The van der Waals surface area contributed by atoms with Crippen LogP contribution in [0, 0.1) is 11.3 Å². The first kappa shape index (κ1) is 16.2. The summed E-state index contributed by atoms with van der Waals surface area (Å²) in [5.74, 6) is 0.00191. The zero-order chi connectivity index (χ0) is 15.6. The van der Waals surface area contributed by atoms with Crippen LogP contribution in [0.25, 0.3) is 0 Å². The van der Waals surface area contributed by atoms with Gasteiger partial charge < -0.3 is 0 Å². The number of nitriles is 1. The number of nitrogens with one attached hydrogen (secondary N) is 1. The summed E-state index contributed by atoms with van der Waals surface area (Å²) >= 11 is 12.0. The van der Waals surface area contributed by atoms with E-state index in [1.54, 1.807) is 6.07 Å². The maximum atomic E-state index is 12.3. The van der Waals surface area contributed by atoms with Crippen molar-refractivity contribution in [3.8, 4) is 6.07 Å². The van der Waals surface area contributed by atoms with Crippen LogP contribution in [0.1, 0.15) is 5.56 Å². The minimum Gasteiger partial charge on any atom is -0.261 e. The molecule has 1 aromatic carbocycles. The standard InChI is InChI=1S/C11H5Br2ClN4O2S/c12-9-5-16-11(10(13)17-9)18-21(19,20)8-3-7(14)2-1-6(8)4-15/h1-3,5H,(H,16,18). The summed E-state index contributed by atoms with van der Waals surface area (Å²) in [5, 5.41) is 9.20. The van der Waals surface area contributed by atoms with Gasteiger partial charge in [-0.15, -0.1) is 0 Å². The molecule has 2 rings (SSSR count). The molecular formula is C11H5Br2ClN4O2S. The molecule has 10 heteroatoms. The van der Waals surface area contributed by atoms with Crippen molar-refractivity contribution >= 4 is 59.3 Å². The largest absolute Gasteiger partial charge is 0.264 e. The lowest BCUT2D eigenvalue weighted by atomic mass is 10.2. The Balaban J connectivity index is 2.48. The lowest BCUT2D eigenvalue weighted by Gasteiger charge is -2.10. The van der Waals surface area contributed by atoms with Crippen molar-refractivity contribution in [2.75, 3.05) is 4.72 Å². The Hall–Kier alpha value is -1.21. The summed E-state index contributed by atoms with van der Waals surface area (Å²) in [6, 6.07) is 5.77. The van der Waals surface area contributed by atoms with E-state index in [4.69, 9.17) is 16.9 Å². The van der Waals surface area contributed by atoms with E-state index in [0.29, 0.717) is 4.60 Å². The van der Waals surface area contributed by atoms with Gasteiger partial charge in [-0.3, -0.25) is 4.72 Å². The van der Waals surface area contributed by atoms with E-state index >= 15 is 0 Å². The number of sulfonamides is 1. The lowest BCUT2D eigenvalue weighted by molar-refractivity contribution is 0.600. The molecule has 0 saturated heterocycles. The number of rotatable bonds is 3. The van der Waals surface area contributed by atoms with Crippen LogP contribution >= 0.6 is 43.5 Å². The van der Waals surface area contributed by atoms with Gasteiger partial charge in [0.15, 0.2) is 10.4 Å². The van der Waals surface area contributed by atoms with Crippen LogP contribution in [0.3, 0.4) is 0 Å². The van der Waals surface area contributed by atoms with Crippen molar-refractivity contribution in [2.45, 2.75) is 4.90 Å². The van der Waals surface area contributed by atoms with Gasteiger partial charge in [0, 0.05) is 5.02 Å². The highest BCUT2D eigenvalue weighted by Crippen LogP contribution is 2.25. The van der Waals surface area contributed by atoms with Gasteiger partial charge in [0.05, 0.1) is 11.8 Å². The molecule has 21 heavy (non-hydrogen) atoms. The van der Waals surface area contributed by atoms with Crippen LogP contribution in [0.5, 0.6) is 0 Å². The van der Waals surface area contributed by atoms with Gasteiger partial charge in [-0.25, -0.2) is 18.4 Å². The summed E-state index contributed by atoms with van der Waals surface area (Å²) in [5.41, 5.74) is -0.0203. The maximum Gasteiger partial charge on any atom is 0.264 e. The van der Waals surface area contributed by atoms with Crippen molar-refractivity contribution in [1.29, 1.82) is 5.26 Å². The molecule has 0 aliphatic heterocycles. The van der Waals surface area contributed by atoms with Crippen LogP contribution in [0.15, 0.2) is 38.5 Å². The van der Waals surface area contributed by atoms with E-state index in [0.717, 1.165) is 0 Å². The quantitative estimate of drug-likeness (QED) is 0.771. The van der Waals surface area contributed by atoms with Crippen LogP contribution in [-0.4, -0.2) is 18.4 Å². The molecule has 0 spiro atoms. The molecule has 0 aliphatic carbocycles. The highest BCUT2D eigenvalue weighted by molar-refractivity contribution is 9.11. The fourth-order valence-electron chi connectivity index (χ4n) is 1.41. The third kappa shape index (κ3) is 3.71. The van der Waals surface area contributed by atoms with Crippen molar-refractivity contribution in [2.24, 2.45) is 0 Å². The normalized spacial score (nSPS) is 11.0. The number of anilines is 1. The molecule has 0 bridgehead atoms. The molecule has 0 aliphatic rings. The summed E-state index contributed by atoms with van der Waals surface area (Å²) in [7, 11) is -4.02. The van der Waals surface area contributed by atoms with Gasteiger partial charge in [-0.2, -0.15) is 5.26 Å². The van der Waals surface area contributed by atoms with Crippen molar-refractivity contribution in [3.05, 3.63) is 44.2 Å². The van der Waals surface area contributed by atoms with Gasteiger partial charge >= 0.3 is 0 Å². The first-order chi connectivity index (χ1) is 9.83. The molecule has 0 amide bonds. The Bertz CT molecular complexity index is 852. The van der Waals surface area contributed by atoms with Crippen LogP contribution in [0.2, 0.25) is 5.02 Å². The van der Waals surface area contributed by atoms with E-state index in [1.165, 1.54) is 24.4 Å². The minimum atomic E-state index is -4.02. The fourth-order valence-corrected chi connectivity index (χ4v) is 3.89. The predicted molar refractivity (Wildman–Crippen MR) is 84.4 cm³/mol. The predicted octanol–water partition coefficient (Wildman–Crippen LogP) is 3.33. The lowest BCUT2D eigenvalue weighted by Crippen LogP contribution is -2.16. The zero-order valence-corrected chi connectivity index (χ0v) is 14.8. The third-order valence-electron chi connectivity index (χ3n) is 2.29. The second-order valence-corrected chi connectivity index (χ2v) is 7.34. The third-order valence-corrected chi connectivity index (χ3v) is 4.83. The second kappa shape index (κ2) is 6.27. The molecule has 1 N–H and O–H groups in total. The topological polar surface area (TPSA) is 95.7 Å². The first-order valence-electron chi connectivity index (χ1n) is 5.24. The van der Waals surface area contributed by atoms with E-state index in [2.05, 4.69) is 46.5 Å². The first-order valence-corrected chi connectivity index (χ1v) is 8.68. The molecule has 0 fully saturated rings. The Morgan fingerprint density at radius 1 is 1.33 bits per heavy atom. The molecule has 1 aromatic heterocycles. The van der Waals surface area contributed by atoms with Crippen molar-refractivity contribution < 1.29 is 8.42 Å². The Kier molecular flexibility index (Phi) is 4.83.